The normalized spacial score (nSPS) is 13.0. The van der Waals surface area contributed by atoms with Gasteiger partial charge in [0.15, 0.2) is 5.58 Å². The van der Waals surface area contributed by atoms with Crippen LogP contribution in [-0.4, -0.2) is 4.98 Å². The van der Waals surface area contributed by atoms with Crippen molar-refractivity contribution in [1.29, 1.82) is 0 Å². The molecule has 4 nitrogen and oxygen atoms in total. The lowest BCUT2D eigenvalue weighted by Crippen LogP contribution is -2.16. The zero-order valence-corrected chi connectivity index (χ0v) is 33.2. The van der Waals surface area contributed by atoms with Gasteiger partial charge in [-0.05, 0) is 104 Å². The SMILES string of the molecule is CC1(C)c2ccccc2-c2c(N(c3ccc(-c4cccc5oc6cc7nc(-c8ccccc8)oc7cc6c45)cc3)c3cccc(-c4cccc5ccccc45)c3)cccc21. The molecule has 2 aromatic heterocycles. The molecule has 0 fully saturated rings. The fourth-order valence-electron chi connectivity index (χ4n) is 9.62. The average Bonchev–Trinajstić information content (AvgIpc) is 3.96. The monoisotopic (exact) mass is 770 g/mol. The van der Waals surface area contributed by atoms with Crippen molar-refractivity contribution in [2.24, 2.45) is 0 Å². The maximum Gasteiger partial charge on any atom is 0.227 e. The van der Waals surface area contributed by atoms with Crippen LogP contribution in [0.3, 0.4) is 0 Å². The van der Waals surface area contributed by atoms with E-state index in [2.05, 4.69) is 170 Å². The summed E-state index contributed by atoms with van der Waals surface area (Å²) in [6.07, 6.45) is 0. The zero-order valence-electron chi connectivity index (χ0n) is 33.2. The Morgan fingerprint density at radius 1 is 0.450 bits per heavy atom. The molecule has 1 aliphatic carbocycles. The molecule has 0 radical (unpaired) electrons. The molecule has 60 heavy (non-hydrogen) atoms. The topological polar surface area (TPSA) is 42.4 Å². The van der Waals surface area contributed by atoms with Crippen LogP contribution in [0.15, 0.2) is 203 Å². The first-order valence-electron chi connectivity index (χ1n) is 20.5. The summed E-state index contributed by atoms with van der Waals surface area (Å²) in [4.78, 5) is 7.25. The minimum atomic E-state index is -0.130. The molecule has 2 heterocycles. The number of oxazole rings is 1. The minimum absolute atomic E-state index is 0.130. The van der Waals surface area contributed by atoms with Crippen LogP contribution >= 0.6 is 0 Å². The molecule has 12 rings (SSSR count). The smallest absolute Gasteiger partial charge is 0.227 e. The van der Waals surface area contributed by atoms with Crippen molar-refractivity contribution >= 4 is 60.9 Å². The molecular weight excluding hydrogens is 733 g/mol. The van der Waals surface area contributed by atoms with E-state index in [-0.39, 0.29) is 5.41 Å². The maximum atomic E-state index is 6.49. The van der Waals surface area contributed by atoms with E-state index in [0.29, 0.717) is 5.89 Å². The van der Waals surface area contributed by atoms with Crippen LogP contribution < -0.4 is 4.90 Å². The predicted octanol–water partition coefficient (Wildman–Crippen LogP) is 15.7. The van der Waals surface area contributed by atoms with Crippen LogP contribution in [0.25, 0.3) is 88.6 Å². The Morgan fingerprint density at radius 3 is 2.05 bits per heavy atom. The van der Waals surface area contributed by atoms with Gasteiger partial charge < -0.3 is 13.7 Å². The van der Waals surface area contributed by atoms with Gasteiger partial charge in [0.05, 0.1) is 5.69 Å². The van der Waals surface area contributed by atoms with Gasteiger partial charge in [-0.25, -0.2) is 4.98 Å². The molecule has 0 spiro atoms. The summed E-state index contributed by atoms with van der Waals surface area (Å²) < 4.78 is 12.8. The summed E-state index contributed by atoms with van der Waals surface area (Å²) in [5.74, 6) is 0.599. The van der Waals surface area contributed by atoms with Crippen molar-refractivity contribution in [3.05, 3.63) is 205 Å². The van der Waals surface area contributed by atoms with Gasteiger partial charge in [0.25, 0.3) is 0 Å². The number of rotatable bonds is 6. The molecule has 0 saturated heterocycles. The first kappa shape index (κ1) is 34.4. The summed E-state index contributed by atoms with van der Waals surface area (Å²) in [6, 6.07) is 69.3. The van der Waals surface area contributed by atoms with Crippen LogP contribution in [0.2, 0.25) is 0 Å². The number of aromatic nitrogens is 1. The molecule has 11 aromatic rings. The quantitative estimate of drug-likeness (QED) is 0.169. The molecule has 0 bridgehead atoms. The standard InChI is InChI=1S/C56H38N2O2/c1-56(2)46-24-9-8-21-44(46)54-47(56)25-13-26-49(54)58(40-19-10-18-38(32-40)42-22-11-17-35-14-6-7-20-41(35)42)39-30-28-36(29-31-39)43-23-12-27-50-53(43)45-33-52-48(34-51(45)59-50)57-55(60-52)37-15-4-3-5-16-37/h3-34H,1-2H3. The predicted molar refractivity (Wildman–Crippen MR) is 247 cm³/mol. The lowest BCUT2D eigenvalue weighted by molar-refractivity contribution is 0.620. The van der Waals surface area contributed by atoms with E-state index < -0.39 is 0 Å². The Bertz CT molecular complexity index is 3460. The molecule has 0 unspecified atom stereocenters. The van der Waals surface area contributed by atoms with Crippen molar-refractivity contribution in [2.45, 2.75) is 19.3 Å². The van der Waals surface area contributed by atoms with E-state index in [1.165, 1.54) is 44.2 Å². The summed E-state index contributed by atoms with van der Waals surface area (Å²) >= 11 is 0. The van der Waals surface area contributed by atoms with Crippen LogP contribution in [0, 0.1) is 0 Å². The van der Waals surface area contributed by atoms with Crippen LogP contribution in [0.1, 0.15) is 25.0 Å². The lowest BCUT2D eigenvalue weighted by Gasteiger charge is -2.29. The van der Waals surface area contributed by atoms with Crippen LogP contribution in [0.5, 0.6) is 0 Å². The Balaban J connectivity index is 1.02. The number of hydrogen-bond acceptors (Lipinski definition) is 4. The van der Waals surface area contributed by atoms with Gasteiger partial charge in [0.2, 0.25) is 5.89 Å². The zero-order chi connectivity index (χ0) is 40.0. The fourth-order valence-corrected chi connectivity index (χ4v) is 9.62. The van der Waals surface area contributed by atoms with E-state index in [4.69, 9.17) is 13.8 Å². The van der Waals surface area contributed by atoms with Gasteiger partial charge in [0.1, 0.15) is 16.7 Å². The Hall–Kier alpha value is -7.69. The first-order valence-corrected chi connectivity index (χ1v) is 20.5. The summed E-state index contributed by atoms with van der Waals surface area (Å²) in [5, 5.41) is 4.53. The van der Waals surface area contributed by atoms with Gasteiger partial charge in [-0.1, -0.05) is 147 Å². The molecule has 0 N–H and O–H groups in total. The Labute approximate surface area is 347 Å². The molecule has 284 valence electrons. The summed E-state index contributed by atoms with van der Waals surface area (Å²) in [6.45, 7) is 4.69. The molecule has 0 saturated carbocycles. The van der Waals surface area contributed by atoms with Gasteiger partial charge >= 0.3 is 0 Å². The summed E-state index contributed by atoms with van der Waals surface area (Å²) in [5.41, 5.74) is 17.1. The van der Waals surface area contributed by atoms with Crippen molar-refractivity contribution in [1.82, 2.24) is 4.98 Å². The largest absolute Gasteiger partial charge is 0.456 e. The van der Waals surface area contributed by atoms with E-state index in [1.807, 2.05) is 42.5 Å². The third-order valence-corrected chi connectivity index (χ3v) is 12.5. The minimum Gasteiger partial charge on any atom is -0.456 e. The summed E-state index contributed by atoms with van der Waals surface area (Å²) in [7, 11) is 0. The second kappa shape index (κ2) is 13.2. The highest BCUT2D eigenvalue weighted by Crippen LogP contribution is 2.54. The molecule has 0 amide bonds. The molecule has 0 aliphatic heterocycles. The Kier molecular flexibility index (Phi) is 7.54. The molecule has 9 aromatic carbocycles. The van der Waals surface area contributed by atoms with E-state index in [9.17, 15) is 0 Å². The van der Waals surface area contributed by atoms with Gasteiger partial charge in [0, 0.05) is 44.8 Å². The van der Waals surface area contributed by atoms with Crippen molar-refractivity contribution in [2.75, 3.05) is 4.90 Å². The molecule has 4 heteroatoms. The fraction of sp³-hybridized carbons (Fsp3) is 0.0536. The number of anilines is 3. The maximum absolute atomic E-state index is 6.49. The number of furan rings is 1. The second-order valence-corrected chi connectivity index (χ2v) is 16.3. The van der Waals surface area contributed by atoms with E-state index in [1.54, 1.807) is 0 Å². The highest BCUT2D eigenvalue weighted by Gasteiger charge is 2.37. The third-order valence-electron chi connectivity index (χ3n) is 12.5. The van der Waals surface area contributed by atoms with Gasteiger partial charge in [-0.3, -0.25) is 0 Å². The molecular formula is C56H38N2O2. The lowest BCUT2D eigenvalue weighted by atomic mass is 9.82. The van der Waals surface area contributed by atoms with Crippen molar-refractivity contribution in [3.8, 4) is 44.8 Å². The van der Waals surface area contributed by atoms with Gasteiger partial charge in [-0.15, -0.1) is 0 Å². The van der Waals surface area contributed by atoms with Crippen molar-refractivity contribution < 1.29 is 8.83 Å². The highest BCUT2D eigenvalue weighted by molar-refractivity contribution is 6.15. The average molecular weight is 771 g/mol. The second-order valence-electron chi connectivity index (χ2n) is 16.3. The third kappa shape index (κ3) is 5.27. The first-order chi connectivity index (χ1) is 29.5. The number of fused-ring (bicyclic) bond motifs is 8. The highest BCUT2D eigenvalue weighted by atomic mass is 16.4. The van der Waals surface area contributed by atoms with Crippen LogP contribution in [0.4, 0.5) is 17.1 Å². The number of hydrogen-bond donors (Lipinski definition) is 0. The van der Waals surface area contributed by atoms with E-state index >= 15 is 0 Å². The number of nitrogens with zero attached hydrogens (tertiary/aromatic N) is 2. The molecule has 0 atom stereocenters. The molecule has 1 aliphatic rings. The van der Waals surface area contributed by atoms with E-state index in [0.717, 1.165) is 66.8 Å². The number of benzene rings is 9. The van der Waals surface area contributed by atoms with Crippen LogP contribution in [-0.2, 0) is 5.41 Å². The Morgan fingerprint density at radius 2 is 1.15 bits per heavy atom. The van der Waals surface area contributed by atoms with Gasteiger partial charge in [-0.2, -0.15) is 0 Å². The van der Waals surface area contributed by atoms with Crippen molar-refractivity contribution in [3.63, 3.8) is 0 Å².